The SMILES string of the molecule is O=S1(=O)N(CC[C@H]2CNCCO2)c2cccc(F)c2N1c1c(F)cccc1F.S. The van der Waals surface area contributed by atoms with Crippen molar-refractivity contribution in [3.63, 3.8) is 0 Å². The van der Waals surface area contributed by atoms with Crippen LogP contribution in [0.3, 0.4) is 0 Å². The predicted molar refractivity (Wildman–Crippen MR) is 109 cm³/mol. The smallest absolute Gasteiger partial charge is 0.331 e. The first kappa shape index (κ1) is 21.8. The molecular weight excluding hydrogens is 427 g/mol. The molecule has 29 heavy (non-hydrogen) atoms. The number of benzene rings is 2. The van der Waals surface area contributed by atoms with E-state index in [-0.39, 0.29) is 31.8 Å². The van der Waals surface area contributed by atoms with Crippen molar-refractivity contribution < 1.29 is 26.3 Å². The molecule has 2 aliphatic heterocycles. The minimum absolute atomic E-state index is 0. The highest BCUT2D eigenvalue weighted by molar-refractivity contribution is 7.95. The maximum atomic E-state index is 14.6. The Morgan fingerprint density at radius 2 is 1.66 bits per heavy atom. The third kappa shape index (κ3) is 3.79. The van der Waals surface area contributed by atoms with Gasteiger partial charge in [-0.2, -0.15) is 21.9 Å². The van der Waals surface area contributed by atoms with Crippen LogP contribution in [0.1, 0.15) is 6.42 Å². The molecule has 0 bridgehead atoms. The van der Waals surface area contributed by atoms with Crippen LogP contribution in [0.4, 0.5) is 30.2 Å². The van der Waals surface area contributed by atoms with Crippen LogP contribution >= 0.6 is 13.5 Å². The lowest BCUT2D eigenvalue weighted by Gasteiger charge is -2.27. The average Bonchev–Trinajstić information content (AvgIpc) is 2.89. The Kier molecular flexibility index (Phi) is 6.32. The molecule has 6 nitrogen and oxygen atoms in total. The highest BCUT2D eigenvalue weighted by atomic mass is 32.2. The Morgan fingerprint density at radius 3 is 2.28 bits per heavy atom. The van der Waals surface area contributed by atoms with Crippen LogP contribution in [0.2, 0.25) is 0 Å². The number of ether oxygens (including phenoxy) is 1. The van der Waals surface area contributed by atoms with E-state index < -0.39 is 39.0 Å². The number of nitrogens with one attached hydrogen (secondary N) is 1. The van der Waals surface area contributed by atoms with Gasteiger partial charge in [0.2, 0.25) is 0 Å². The van der Waals surface area contributed by atoms with Crippen LogP contribution < -0.4 is 13.9 Å². The van der Waals surface area contributed by atoms with Gasteiger partial charge in [-0.1, -0.05) is 12.1 Å². The quantitative estimate of drug-likeness (QED) is 0.783. The summed E-state index contributed by atoms with van der Waals surface area (Å²) in [4.78, 5) is 0. The summed E-state index contributed by atoms with van der Waals surface area (Å²) in [7, 11) is -4.44. The molecule has 1 N–H and O–H groups in total. The molecule has 2 aromatic carbocycles. The average molecular weight is 448 g/mol. The number of anilines is 3. The lowest BCUT2D eigenvalue weighted by atomic mass is 10.2. The third-order valence-electron chi connectivity index (χ3n) is 4.75. The molecule has 0 radical (unpaired) electrons. The van der Waals surface area contributed by atoms with Gasteiger partial charge >= 0.3 is 10.2 Å². The second-order valence-corrected chi connectivity index (χ2v) is 8.21. The second-order valence-electron chi connectivity index (χ2n) is 6.51. The Hall–Kier alpha value is -1.95. The normalized spacial score (nSPS) is 20.3. The van der Waals surface area contributed by atoms with Crippen molar-refractivity contribution >= 4 is 40.8 Å². The van der Waals surface area contributed by atoms with Crippen molar-refractivity contribution in [2.75, 3.05) is 34.9 Å². The Morgan fingerprint density at radius 1 is 1.03 bits per heavy atom. The van der Waals surface area contributed by atoms with E-state index >= 15 is 0 Å². The van der Waals surface area contributed by atoms with E-state index in [1.165, 1.54) is 12.1 Å². The van der Waals surface area contributed by atoms with Gasteiger partial charge in [0.25, 0.3) is 0 Å². The zero-order valence-electron chi connectivity index (χ0n) is 15.2. The summed E-state index contributed by atoms with van der Waals surface area (Å²) >= 11 is 0. The molecule has 0 saturated carbocycles. The van der Waals surface area contributed by atoms with E-state index in [2.05, 4.69) is 5.32 Å². The Labute approximate surface area is 173 Å². The topological polar surface area (TPSA) is 61.9 Å². The number of para-hydroxylation sites is 2. The highest BCUT2D eigenvalue weighted by Gasteiger charge is 2.45. The molecule has 2 aliphatic rings. The summed E-state index contributed by atoms with van der Waals surface area (Å²) in [5, 5.41) is 3.15. The number of rotatable bonds is 4. The molecule has 158 valence electrons. The van der Waals surface area contributed by atoms with Gasteiger partial charge in [0.1, 0.15) is 17.2 Å². The summed E-state index contributed by atoms with van der Waals surface area (Å²) in [6, 6.07) is 6.80. The van der Waals surface area contributed by atoms with Gasteiger partial charge in [-0.3, -0.25) is 4.31 Å². The van der Waals surface area contributed by atoms with E-state index in [1.807, 2.05) is 0 Å². The fourth-order valence-corrected chi connectivity index (χ4v) is 5.20. The highest BCUT2D eigenvalue weighted by Crippen LogP contribution is 2.48. The maximum absolute atomic E-state index is 14.6. The molecule has 0 amide bonds. The number of nitrogens with zero attached hydrogens (tertiary/aromatic N) is 2. The lowest BCUT2D eigenvalue weighted by Crippen LogP contribution is -2.42. The van der Waals surface area contributed by atoms with Crippen LogP contribution in [0.25, 0.3) is 0 Å². The van der Waals surface area contributed by atoms with Crippen LogP contribution in [-0.2, 0) is 14.9 Å². The zero-order valence-corrected chi connectivity index (χ0v) is 17.1. The molecule has 11 heteroatoms. The van der Waals surface area contributed by atoms with Gasteiger partial charge in [0, 0.05) is 19.6 Å². The van der Waals surface area contributed by atoms with Crippen molar-refractivity contribution in [1.29, 1.82) is 0 Å². The molecule has 1 saturated heterocycles. The van der Waals surface area contributed by atoms with Crippen LogP contribution in [-0.4, -0.2) is 40.8 Å². The van der Waals surface area contributed by atoms with Crippen molar-refractivity contribution in [3.8, 4) is 0 Å². The van der Waals surface area contributed by atoms with Gasteiger partial charge in [-0.25, -0.2) is 17.5 Å². The molecule has 2 aromatic rings. The molecule has 0 spiro atoms. The maximum Gasteiger partial charge on any atom is 0.331 e. The van der Waals surface area contributed by atoms with Crippen LogP contribution in [0.15, 0.2) is 36.4 Å². The largest absolute Gasteiger partial charge is 0.376 e. The molecule has 1 fully saturated rings. The number of fused-ring (bicyclic) bond motifs is 1. The summed E-state index contributed by atoms with van der Waals surface area (Å²) in [5.74, 6) is -3.08. The summed E-state index contributed by atoms with van der Waals surface area (Å²) in [6.45, 7) is 1.77. The summed E-state index contributed by atoms with van der Waals surface area (Å²) in [5.41, 5.74) is -1.19. The minimum atomic E-state index is -4.44. The zero-order chi connectivity index (χ0) is 19.9. The molecule has 1 atom stereocenters. The molecule has 0 aromatic heterocycles. The lowest BCUT2D eigenvalue weighted by molar-refractivity contribution is 0.0254. The predicted octanol–water partition coefficient (Wildman–Crippen LogP) is 2.80. The Bertz CT molecular complexity index is 981. The molecule has 0 aliphatic carbocycles. The van der Waals surface area contributed by atoms with Crippen LogP contribution in [0.5, 0.6) is 0 Å². The number of morpholine rings is 1. The van der Waals surface area contributed by atoms with Gasteiger partial charge in [0.15, 0.2) is 11.6 Å². The van der Waals surface area contributed by atoms with Crippen molar-refractivity contribution in [2.45, 2.75) is 12.5 Å². The first-order valence-electron chi connectivity index (χ1n) is 8.79. The molecule has 0 unspecified atom stereocenters. The molecule has 4 rings (SSSR count). The minimum Gasteiger partial charge on any atom is -0.376 e. The fraction of sp³-hybridized carbons (Fsp3) is 0.333. The van der Waals surface area contributed by atoms with Gasteiger partial charge < -0.3 is 10.1 Å². The van der Waals surface area contributed by atoms with Gasteiger partial charge in [-0.15, -0.1) is 0 Å². The van der Waals surface area contributed by atoms with E-state index in [1.54, 1.807) is 0 Å². The van der Waals surface area contributed by atoms with E-state index in [9.17, 15) is 21.6 Å². The van der Waals surface area contributed by atoms with Gasteiger partial charge in [0.05, 0.1) is 18.4 Å². The standard InChI is InChI=1S/C18H18F3N3O3S.H2S/c19-13-3-1-4-14(20)17(13)24-18-15(21)5-2-6-16(18)23(28(24,25)26)9-7-12-11-22-8-10-27-12;/h1-6,12,22H,7-11H2;1H2/t12-;/m0./s1. The summed E-state index contributed by atoms with van der Waals surface area (Å²) < 4.78 is 76.6. The van der Waals surface area contributed by atoms with E-state index in [0.29, 0.717) is 30.4 Å². The number of hydrogen-bond donors (Lipinski definition) is 1. The molecule has 2 heterocycles. The van der Waals surface area contributed by atoms with E-state index in [4.69, 9.17) is 4.74 Å². The monoisotopic (exact) mass is 447 g/mol. The third-order valence-corrected chi connectivity index (χ3v) is 6.51. The fourth-order valence-electron chi connectivity index (χ4n) is 3.46. The van der Waals surface area contributed by atoms with Gasteiger partial charge in [-0.05, 0) is 30.7 Å². The van der Waals surface area contributed by atoms with Crippen molar-refractivity contribution in [2.24, 2.45) is 0 Å². The number of halogens is 3. The van der Waals surface area contributed by atoms with Crippen molar-refractivity contribution in [3.05, 3.63) is 53.8 Å². The summed E-state index contributed by atoms with van der Waals surface area (Å²) in [6.07, 6.45) is 0.135. The van der Waals surface area contributed by atoms with Crippen molar-refractivity contribution in [1.82, 2.24) is 5.32 Å². The first-order valence-corrected chi connectivity index (χ1v) is 10.2. The first-order chi connectivity index (χ1) is 13.4. The Balaban J connectivity index is 0.00000240. The van der Waals surface area contributed by atoms with Crippen LogP contribution in [0, 0.1) is 17.5 Å². The second kappa shape index (κ2) is 8.42. The number of hydrogen-bond acceptors (Lipinski definition) is 4. The molecular formula is C18H20F3N3O3S2. The van der Waals surface area contributed by atoms with E-state index in [0.717, 1.165) is 28.6 Å².